The minimum atomic E-state index is 0.625. The molecule has 0 amide bonds. The van der Waals surface area contributed by atoms with E-state index in [2.05, 4.69) is 95.8 Å². The summed E-state index contributed by atoms with van der Waals surface area (Å²) in [5.41, 5.74) is 7.06. The second kappa shape index (κ2) is 7.16. The lowest BCUT2D eigenvalue weighted by molar-refractivity contribution is 0.789. The van der Waals surface area contributed by atoms with E-state index in [4.69, 9.17) is 9.97 Å². The maximum absolute atomic E-state index is 4.95. The smallest absolute Gasteiger partial charge is 0.148 e. The zero-order valence-electron chi connectivity index (χ0n) is 19.3. The minimum absolute atomic E-state index is 0.625. The van der Waals surface area contributed by atoms with Crippen LogP contribution in [-0.2, 0) is 13.1 Å². The van der Waals surface area contributed by atoms with Gasteiger partial charge in [0.05, 0.1) is 23.1 Å². The summed E-state index contributed by atoms with van der Waals surface area (Å²) in [5, 5.41) is 6.25. The minimum Gasteiger partial charge on any atom is -0.339 e. The summed E-state index contributed by atoms with van der Waals surface area (Å²) >= 11 is 0. The van der Waals surface area contributed by atoms with Crippen molar-refractivity contribution in [3.05, 3.63) is 96.4 Å². The number of rotatable bonds is 3. The summed E-state index contributed by atoms with van der Waals surface area (Å²) in [6, 6.07) is 30.3. The molecular formula is C30H24N4. The molecule has 164 valence electrons. The molecule has 4 nitrogen and oxygen atoms in total. The molecule has 3 heterocycles. The molecule has 0 atom stereocenters. The topological polar surface area (TPSA) is 35.6 Å². The number of benzene rings is 4. The first-order valence-corrected chi connectivity index (χ1v) is 11.9. The zero-order chi connectivity index (χ0) is 22.8. The number of para-hydroxylation sites is 3. The maximum Gasteiger partial charge on any atom is 0.148 e. The molecule has 0 N–H and O–H groups in total. The van der Waals surface area contributed by atoms with Gasteiger partial charge < -0.3 is 9.13 Å². The fourth-order valence-corrected chi connectivity index (χ4v) is 5.67. The third-order valence-electron chi connectivity index (χ3n) is 7.12. The van der Waals surface area contributed by atoms with E-state index in [0.717, 1.165) is 29.0 Å². The number of nitrogens with zero attached hydrogens (tertiary/aromatic N) is 4. The third-order valence-corrected chi connectivity index (χ3v) is 7.12. The lowest BCUT2D eigenvalue weighted by Gasteiger charge is -2.11. The van der Waals surface area contributed by atoms with Gasteiger partial charge in [0.1, 0.15) is 5.82 Å². The highest BCUT2D eigenvalue weighted by molar-refractivity contribution is 6.22. The predicted octanol–water partition coefficient (Wildman–Crippen LogP) is 7.22. The van der Waals surface area contributed by atoms with Crippen molar-refractivity contribution in [3.63, 3.8) is 0 Å². The van der Waals surface area contributed by atoms with Gasteiger partial charge in [-0.25, -0.2) is 9.97 Å². The molecule has 3 aromatic heterocycles. The number of hydrogen-bond acceptors (Lipinski definition) is 2. The summed E-state index contributed by atoms with van der Waals surface area (Å²) in [6.07, 6.45) is 0. The number of aryl methyl sites for hydroxylation is 2. The van der Waals surface area contributed by atoms with Crippen LogP contribution < -0.4 is 0 Å². The van der Waals surface area contributed by atoms with E-state index in [1.54, 1.807) is 0 Å². The lowest BCUT2D eigenvalue weighted by atomic mass is 10.1. The Morgan fingerprint density at radius 1 is 0.588 bits per heavy atom. The number of hydrogen-bond donors (Lipinski definition) is 0. The van der Waals surface area contributed by atoms with Gasteiger partial charge >= 0.3 is 0 Å². The summed E-state index contributed by atoms with van der Waals surface area (Å²) in [4.78, 5) is 9.87. The largest absolute Gasteiger partial charge is 0.339 e. The van der Waals surface area contributed by atoms with Crippen LogP contribution in [0.15, 0.2) is 84.9 Å². The van der Waals surface area contributed by atoms with Crippen molar-refractivity contribution in [2.75, 3.05) is 0 Å². The highest BCUT2D eigenvalue weighted by Crippen LogP contribution is 2.39. The Morgan fingerprint density at radius 2 is 1.15 bits per heavy atom. The zero-order valence-corrected chi connectivity index (χ0v) is 19.3. The Kier molecular flexibility index (Phi) is 4.06. The second-order valence-electron chi connectivity index (χ2n) is 8.96. The van der Waals surface area contributed by atoms with E-state index in [9.17, 15) is 0 Å². The molecule has 0 aliphatic carbocycles. The Bertz CT molecular complexity index is 1890. The third kappa shape index (κ3) is 2.59. The summed E-state index contributed by atoms with van der Waals surface area (Å²) in [7, 11) is 0. The van der Waals surface area contributed by atoms with Crippen molar-refractivity contribution >= 4 is 54.5 Å². The van der Waals surface area contributed by atoms with Crippen LogP contribution in [0.5, 0.6) is 0 Å². The molecule has 7 rings (SSSR count). The van der Waals surface area contributed by atoms with E-state index in [1.165, 1.54) is 43.6 Å². The van der Waals surface area contributed by atoms with Gasteiger partial charge in [0.15, 0.2) is 0 Å². The van der Waals surface area contributed by atoms with E-state index in [1.807, 2.05) is 12.1 Å². The van der Waals surface area contributed by atoms with Crippen molar-refractivity contribution < 1.29 is 0 Å². The predicted molar refractivity (Wildman–Crippen MR) is 141 cm³/mol. The average Bonchev–Trinajstić information content (AvgIpc) is 3.37. The van der Waals surface area contributed by atoms with Gasteiger partial charge in [-0.1, -0.05) is 66.7 Å². The molecule has 0 saturated carbocycles. The molecule has 4 heteroatoms. The highest BCUT2D eigenvalue weighted by atomic mass is 15.1. The van der Waals surface area contributed by atoms with Gasteiger partial charge in [0.2, 0.25) is 0 Å². The molecule has 7 aromatic rings. The van der Waals surface area contributed by atoms with E-state index in [0.29, 0.717) is 6.54 Å². The first-order valence-electron chi connectivity index (χ1n) is 11.9. The van der Waals surface area contributed by atoms with Gasteiger partial charge in [-0.2, -0.15) is 0 Å². The fraction of sp³-hybridized carbons (Fsp3) is 0.133. The van der Waals surface area contributed by atoms with E-state index >= 15 is 0 Å². The lowest BCUT2D eigenvalue weighted by Crippen LogP contribution is -2.07. The Hall–Kier alpha value is -4.18. The second-order valence-corrected chi connectivity index (χ2v) is 8.96. The molecule has 0 fully saturated rings. The normalized spacial score (nSPS) is 12.1. The van der Waals surface area contributed by atoms with Crippen LogP contribution in [0.2, 0.25) is 0 Å². The van der Waals surface area contributed by atoms with Crippen LogP contribution >= 0.6 is 0 Å². The van der Waals surface area contributed by atoms with Gasteiger partial charge in [-0.15, -0.1) is 0 Å². The standard InChI is InChI=1S/C30H24N4/c1-3-33-26-14-8-5-11-21(26)23-16-17-24-22-12-6-9-15-27(22)34(30(24)29(23)33)18-28-31-19(2)20-10-4-7-13-25(20)32-28/h4-17H,3,18H2,1-2H3. The molecule has 34 heavy (non-hydrogen) atoms. The van der Waals surface area contributed by atoms with Crippen molar-refractivity contribution in [2.24, 2.45) is 0 Å². The van der Waals surface area contributed by atoms with Gasteiger partial charge in [-0.05, 0) is 32.0 Å². The van der Waals surface area contributed by atoms with Crippen molar-refractivity contribution in [2.45, 2.75) is 26.9 Å². The summed E-state index contributed by atoms with van der Waals surface area (Å²) in [5.74, 6) is 0.843. The molecule has 0 spiro atoms. The fourth-order valence-electron chi connectivity index (χ4n) is 5.67. The molecule has 0 aliphatic heterocycles. The summed E-state index contributed by atoms with van der Waals surface area (Å²) < 4.78 is 4.87. The van der Waals surface area contributed by atoms with Crippen LogP contribution in [-0.4, -0.2) is 19.1 Å². The van der Waals surface area contributed by atoms with Crippen molar-refractivity contribution in [1.82, 2.24) is 19.1 Å². The van der Waals surface area contributed by atoms with Crippen LogP contribution in [0.3, 0.4) is 0 Å². The molecule has 0 aliphatic rings. The first kappa shape index (κ1) is 19.3. The maximum atomic E-state index is 4.95. The molecule has 0 radical (unpaired) electrons. The molecule has 4 aromatic carbocycles. The number of aromatic nitrogens is 4. The molecular weight excluding hydrogens is 416 g/mol. The Balaban J connectivity index is 1.60. The van der Waals surface area contributed by atoms with E-state index < -0.39 is 0 Å². The number of fused-ring (bicyclic) bond motifs is 8. The van der Waals surface area contributed by atoms with Crippen molar-refractivity contribution in [1.29, 1.82) is 0 Å². The van der Waals surface area contributed by atoms with Crippen LogP contribution in [0.1, 0.15) is 18.4 Å². The van der Waals surface area contributed by atoms with Crippen molar-refractivity contribution in [3.8, 4) is 0 Å². The Labute approximate surface area is 197 Å². The summed E-state index contributed by atoms with van der Waals surface area (Å²) in [6.45, 7) is 5.84. The first-order chi connectivity index (χ1) is 16.7. The highest BCUT2D eigenvalue weighted by Gasteiger charge is 2.19. The molecule has 0 saturated heterocycles. The molecule has 0 unspecified atom stereocenters. The van der Waals surface area contributed by atoms with Gasteiger partial charge in [-0.3, -0.25) is 0 Å². The quantitative estimate of drug-likeness (QED) is 0.291. The van der Waals surface area contributed by atoms with Gasteiger partial charge in [0.25, 0.3) is 0 Å². The SMILES string of the molecule is CCn1c2ccccc2c2ccc3c4ccccc4n(Cc4nc(C)c5ccccc5n4)c3c21. The monoisotopic (exact) mass is 440 g/mol. The van der Waals surface area contributed by atoms with Gasteiger partial charge in [0, 0.05) is 50.2 Å². The van der Waals surface area contributed by atoms with Crippen LogP contribution in [0, 0.1) is 6.92 Å². The van der Waals surface area contributed by atoms with Crippen LogP contribution in [0.25, 0.3) is 54.5 Å². The Morgan fingerprint density at radius 3 is 1.82 bits per heavy atom. The molecule has 0 bridgehead atoms. The van der Waals surface area contributed by atoms with Crippen LogP contribution in [0.4, 0.5) is 0 Å². The average molecular weight is 441 g/mol. The van der Waals surface area contributed by atoms with E-state index in [-0.39, 0.29) is 0 Å².